The summed E-state index contributed by atoms with van der Waals surface area (Å²) in [6.07, 6.45) is -0.445. The standard InChI is InChI=1S/C12H13F2NO4/c1-12(19,11(17)18)6-15-10(16)5-7-4-8(13)2-3-9(7)14/h2-4,19H,5-6H2,1H3,(H,15,16)(H,17,18). The summed E-state index contributed by atoms with van der Waals surface area (Å²) in [4.78, 5) is 22.0. The predicted molar refractivity (Wildman–Crippen MR) is 61.3 cm³/mol. The minimum absolute atomic E-state index is 0.146. The van der Waals surface area contributed by atoms with Crippen molar-refractivity contribution in [1.29, 1.82) is 0 Å². The van der Waals surface area contributed by atoms with Crippen molar-refractivity contribution in [3.63, 3.8) is 0 Å². The van der Waals surface area contributed by atoms with Crippen molar-refractivity contribution >= 4 is 11.9 Å². The third-order valence-corrected chi connectivity index (χ3v) is 2.45. The van der Waals surface area contributed by atoms with Crippen LogP contribution >= 0.6 is 0 Å². The monoisotopic (exact) mass is 273 g/mol. The third kappa shape index (κ3) is 4.29. The van der Waals surface area contributed by atoms with Gasteiger partial charge in [0, 0.05) is 5.56 Å². The van der Waals surface area contributed by atoms with Crippen LogP contribution in [0.5, 0.6) is 0 Å². The first kappa shape index (κ1) is 15.0. The molecule has 5 nitrogen and oxygen atoms in total. The number of halogens is 2. The van der Waals surface area contributed by atoms with Gasteiger partial charge in [-0.1, -0.05) is 0 Å². The third-order valence-electron chi connectivity index (χ3n) is 2.45. The van der Waals surface area contributed by atoms with Gasteiger partial charge in [-0.2, -0.15) is 0 Å². The molecular formula is C12H13F2NO4. The zero-order chi connectivity index (χ0) is 14.6. The minimum atomic E-state index is -2.11. The van der Waals surface area contributed by atoms with Crippen molar-refractivity contribution in [3.05, 3.63) is 35.4 Å². The van der Waals surface area contributed by atoms with Crippen LogP contribution in [0.1, 0.15) is 12.5 Å². The van der Waals surface area contributed by atoms with Gasteiger partial charge in [-0.3, -0.25) is 4.79 Å². The molecule has 0 aliphatic heterocycles. The second-order valence-corrected chi connectivity index (χ2v) is 4.27. The lowest BCUT2D eigenvalue weighted by atomic mass is 10.1. The second kappa shape index (κ2) is 5.75. The summed E-state index contributed by atoms with van der Waals surface area (Å²) >= 11 is 0. The molecule has 0 heterocycles. The highest BCUT2D eigenvalue weighted by Crippen LogP contribution is 2.10. The lowest BCUT2D eigenvalue weighted by Crippen LogP contribution is -2.46. The van der Waals surface area contributed by atoms with Crippen LogP contribution in [0.3, 0.4) is 0 Å². The molecule has 104 valence electrons. The van der Waals surface area contributed by atoms with Crippen molar-refractivity contribution in [2.24, 2.45) is 0 Å². The van der Waals surface area contributed by atoms with Gasteiger partial charge >= 0.3 is 5.97 Å². The quantitative estimate of drug-likeness (QED) is 0.727. The molecule has 0 radical (unpaired) electrons. The van der Waals surface area contributed by atoms with E-state index >= 15 is 0 Å². The van der Waals surface area contributed by atoms with Crippen LogP contribution in [-0.4, -0.2) is 34.2 Å². The lowest BCUT2D eigenvalue weighted by molar-refractivity contribution is -0.156. The zero-order valence-electron chi connectivity index (χ0n) is 10.1. The van der Waals surface area contributed by atoms with Gasteiger partial charge in [0.15, 0.2) is 5.60 Å². The molecule has 0 spiro atoms. The van der Waals surface area contributed by atoms with Crippen LogP contribution in [0.15, 0.2) is 18.2 Å². The number of carbonyl (C=O) groups excluding carboxylic acids is 1. The molecule has 7 heteroatoms. The maximum Gasteiger partial charge on any atom is 0.337 e. The maximum absolute atomic E-state index is 13.2. The molecule has 0 fully saturated rings. The van der Waals surface area contributed by atoms with Crippen molar-refractivity contribution in [1.82, 2.24) is 5.32 Å². The Morgan fingerprint density at radius 2 is 2.00 bits per heavy atom. The van der Waals surface area contributed by atoms with Crippen LogP contribution in [0, 0.1) is 11.6 Å². The van der Waals surface area contributed by atoms with E-state index in [0.29, 0.717) is 0 Å². The van der Waals surface area contributed by atoms with E-state index in [1.165, 1.54) is 0 Å². The van der Waals surface area contributed by atoms with E-state index in [1.807, 2.05) is 0 Å². The van der Waals surface area contributed by atoms with Gasteiger partial charge in [-0.25, -0.2) is 13.6 Å². The van der Waals surface area contributed by atoms with Crippen molar-refractivity contribution in [2.75, 3.05) is 6.54 Å². The van der Waals surface area contributed by atoms with E-state index in [0.717, 1.165) is 25.1 Å². The molecule has 0 aliphatic rings. The number of hydrogen-bond donors (Lipinski definition) is 3. The summed E-state index contributed by atoms with van der Waals surface area (Å²) in [5.41, 5.74) is -2.26. The largest absolute Gasteiger partial charge is 0.479 e. The number of benzene rings is 1. The number of aliphatic hydroxyl groups is 1. The van der Waals surface area contributed by atoms with Gasteiger partial charge in [0.05, 0.1) is 13.0 Å². The van der Waals surface area contributed by atoms with E-state index < -0.39 is 42.1 Å². The fourth-order valence-electron chi connectivity index (χ4n) is 1.26. The van der Waals surface area contributed by atoms with E-state index in [1.54, 1.807) is 0 Å². The van der Waals surface area contributed by atoms with E-state index in [-0.39, 0.29) is 5.56 Å². The molecule has 0 saturated heterocycles. The minimum Gasteiger partial charge on any atom is -0.479 e. The Kier molecular flexibility index (Phi) is 4.55. The number of carboxylic acids is 1. The zero-order valence-corrected chi connectivity index (χ0v) is 10.1. The average molecular weight is 273 g/mol. The number of carboxylic acid groups (broad SMARTS) is 1. The molecule has 0 aromatic heterocycles. The summed E-state index contributed by atoms with van der Waals surface area (Å²) in [6, 6.07) is 2.70. The first-order valence-electron chi connectivity index (χ1n) is 5.39. The number of hydrogen-bond acceptors (Lipinski definition) is 3. The Balaban J connectivity index is 2.61. The maximum atomic E-state index is 13.2. The smallest absolute Gasteiger partial charge is 0.337 e. The highest BCUT2D eigenvalue weighted by molar-refractivity contribution is 5.81. The molecule has 1 amide bonds. The molecule has 1 aromatic carbocycles. The highest BCUT2D eigenvalue weighted by atomic mass is 19.1. The molecule has 3 N–H and O–H groups in total. The van der Waals surface area contributed by atoms with Crippen LogP contribution in [-0.2, 0) is 16.0 Å². The Bertz CT molecular complexity index is 503. The first-order chi connectivity index (χ1) is 8.72. The SMILES string of the molecule is CC(O)(CNC(=O)Cc1cc(F)ccc1F)C(=O)O. The van der Waals surface area contributed by atoms with Gasteiger partial charge in [0.1, 0.15) is 11.6 Å². The second-order valence-electron chi connectivity index (χ2n) is 4.27. The molecule has 1 atom stereocenters. The highest BCUT2D eigenvalue weighted by Gasteiger charge is 2.30. The Morgan fingerprint density at radius 3 is 2.58 bits per heavy atom. The van der Waals surface area contributed by atoms with Gasteiger partial charge < -0.3 is 15.5 Å². The number of nitrogens with one attached hydrogen (secondary N) is 1. The molecule has 19 heavy (non-hydrogen) atoms. The van der Waals surface area contributed by atoms with Gasteiger partial charge in [-0.05, 0) is 25.1 Å². The Morgan fingerprint density at radius 1 is 1.37 bits per heavy atom. The first-order valence-corrected chi connectivity index (χ1v) is 5.39. The normalized spacial score (nSPS) is 13.7. The lowest BCUT2D eigenvalue weighted by Gasteiger charge is -2.18. The summed E-state index contributed by atoms with van der Waals surface area (Å²) in [5.74, 6) is -3.63. The van der Waals surface area contributed by atoms with E-state index in [4.69, 9.17) is 5.11 Å². The summed E-state index contributed by atoms with van der Waals surface area (Å²) in [6.45, 7) is 0.483. The fraction of sp³-hybridized carbons (Fsp3) is 0.333. The van der Waals surface area contributed by atoms with Crippen LogP contribution in [0.2, 0.25) is 0 Å². The van der Waals surface area contributed by atoms with E-state index in [9.17, 15) is 23.5 Å². The summed E-state index contributed by atoms with van der Waals surface area (Å²) in [7, 11) is 0. The topological polar surface area (TPSA) is 86.6 Å². The molecular weight excluding hydrogens is 260 g/mol. The number of carbonyl (C=O) groups is 2. The number of rotatable bonds is 5. The number of amides is 1. The average Bonchev–Trinajstić information content (AvgIpc) is 2.31. The molecule has 1 unspecified atom stereocenters. The van der Waals surface area contributed by atoms with Crippen molar-refractivity contribution < 1.29 is 28.6 Å². The van der Waals surface area contributed by atoms with Crippen molar-refractivity contribution in [2.45, 2.75) is 18.9 Å². The fourth-order valence-corrected chi connectivity index (χ4v) is 1.26. The van der Waals surface area contributed by atoms with Crippen molar-refractivity contribution in [3.8, 4) is 0 Å². The molecule has 0 saturated carbocycles. The van der Waals surface area contributed by atoms with Gasteiger partial charge in [-0.15, -0.1) is 0 Å². The van der Waals surface area contributed by atoms with Gasteiger partial charge in [0.25, 0.3) is 0 Å². The molecule has 0 bridgehead atoms. The molecule has 1 rings (SSSR count). The Labute approximate surface area is 107 Å². The predicted octanol–water partition coefficient (Wildman–Crippen LogP) is 0.459. The summed E-state index contributed by atoms with van der Waals surface area (Å²) in [5, 5.41) is 20.1. The van der Waals surface area contributed by atoms with Crippen LogP contribution < -0.4 is 5.32 Å². The van der Waals surface area contributed by atoms with Crippen LogP contribution in [0.25, 0.3) is 0 Å². The number of aliphatic carboxylic acids is 1. The summed E-state index contributed by atoms with van der Waals surface area (Å²) < 4.78 is 26.1. The van der Waals surface area contributed by atoms with E-state index in [2.05, 4.69) is 5.32 Å². The molecule has 0 aliphatic carbocycles. The van der Waals surface area contributed by atoms with Crippen LogP contribution in [0.4, 0.5) is 8.78 Å². The Hall–Kier alpha value is -2.02. The van der Waals surface area contributed by atoms with Gasteiger partial charge in [0.2, 0.25) is 5.91 Å². The molecule has 1 aromatic rings.